The van der Waals surface area contributed by atoms with Gasteiger partial charge in [0.25, 0.3) is 0 Å². The van der Waals surface area contributed by atoms with Crippen molar-refractivity contribution in [3.63, 3.8) is 0 Å². The van der Waals surface area contributed by atoms with Crippen LogP contribution in [-0.2, 0) is 4.74 Å². The van der Waals surface area contributed by atoms with Gasteiger partial charge in [0, 0.05) is 12.5 Å². The Kier molecular flexibility index (Phi) is 3.79. The SMILES string of the molecule is CC(C)Oc1ccccc1C(=O)C1CCOC1. The summed E-state index contributed by atoms with van der Waals surface area (Å²) in [5.41, 5.74) is 0.678. The number of ketones is 1. The van der Waals surface area contributed by atoms with Crippen molar-refractivity contribution in [2.24, 2.45) is 5.92 Å². The monoisotopic (exact) mass is 234 g/mol. The number of hydrogen-bond donors (Lipinski definition) is 0. The van der Waals surface area contributed by atoms with Crippen molar-refractivity contribution in [2.45, 2.75) is 26.4 Å². The van der Waals surface area contributed by atoms with Crippen molar-refractivity contribution in [2.75, 3.05) is 13.2 Å². The highest BCUT2D eigenvalue weighted by Gasteiger charge is 2.26. The lowest BCUT2D eigenvalue weighted by atomic mass is 9.96. The number of benzene rings is 1. The van der Waals surface area contributed by atoms with E-state index >= 15 is 0 Å². The molecule has 1 unspecified atom stereocenters. The third-order valence-corrected chi connectivity index (χ3v) is 2.82. The molecule has 0 aliphatic carbocycles. The van der Waals surface area contributed by atoms with Gasteiger partial charge >= 0.3 is 0 Å². The van der Waals surface area contributed by atoms with Gasteiger partial charge in [-0.2, -0.15) is 0 Å². The van der Waals surface area contributed by atoms with Crippen LogP contribution >= 0.6 is 0 Å². The van der Waals surface area contributed by atoms with Crippen molar-refractivity contribution in [1.29, 1.82) is 0 Å². The quantitative estimate of drug-likeness (QED) is 0.751. The van der Waals surface area contributed by atoms with Gasteiger partial charge in [-0.25, -0.2) is 0 Å². The highest BCUT2D eigenvalue weighted by atomic mass is 16.5. The molecule has 0 N–H and O–H groups in total. The molecule has 0 amide bonds. The average Bonchev–Trinajstić information content (AvgIpc) is 2.81. The van der Waals surface area contributed by atoms with Gasteiger partial charge in [-0.05, 0) is 32.4 Å². The normalized spacial score (nSPS) is 19.6. The summed E-state index contributed by atoms with van der Waals surface area (Å²) in [4.78, 5) is 12.3. The summed E-state index contributed by atoms with van der Waals surface area (Å²) in [6.45, 7) is 5.14. The number of carbonyl (C=O) groups excluding carboxylic acids is 1. The van der Waals surface area contributed by atoms with Gasteiger partial charge in [0.05, 0.1) is 18.3 Å². The summed E-state index contributed by atoms with van der Waals surface area (Å²) >= 11 is 0. The molecule has 2 rings (SSSR count). The Bertz CT molecular complexity index is 392. The minimum absolute atomic E-state index is 0.00749. The third-order valence-electron chi connectivity index (χ3n) is 2.82. The molecule has 1 aromatic carbocycles. The van der Waals surface area contributed by atoms with Crippen LogP contribution in [0.2, 0.25) is 0 Å². The molecule has 17 heavy (non-hydrogen) atoms. The van der Waals surface area contributed by atoms with Crippen molar-refractivity contribution in [1.82, 2.24) is 0 Å². The Morgan fingerprint density at radius 3 is 2.82 bits per heavy atom. The molecular weight excluding hydrogens is 216 g/mol. The van der Waals surface area contributed by atoms with Crippen molar-refractivity contribution < 1.29 is 14.3 Å². The van der Waals surface area contributed by atoms with Crippen molar-refractivity contribution in [3.05, 3.63) is 29.8 Å². The lowest BCUT2D eigenvalue weighted by Crippen LogP contribution is -2.17. The van der Waals surface area contributed by atoms with Crippen LogP contribution in [0, 0.1) is 5.92 Å². The number of carbonyl (C=O) groups is 1. The van der Waals surface area contributed by atoms with E-state index in [-0.39, 0.29) is 17.8 Å². The number of Topliss-reactive ketones (excluding diaryl/α,β-unsaturated/α-hetero) is 1. The molecule has 3 nitrogen and oxygen atoms in total. The lowest BCUT2D eigenvalue weighted by Gasteiger charge is -2.15. The summed E-state index contributed by atoms with van der Waals surface area (Å²) in [6, 6.07) is 7.44. The highest BCUT2D eigenvalue weighted by molar-refractivity contribution is 6.00. The van der Waals surface area contributed by atoms with E-state index in [1.54, 1.807) is 0 Å². The Labute approximate surface area is 102 Å². The fraction of sp³-hybridized carbons (Fsp3) is 0.500. The fourth-order valence-electron chi connectivity index (χ4n) is 1.99. The molecule has 1 atom stereocenters. The first kappa shape index (κ1) is 12.1. The molecule has 0 saturated carbocycles. The second-order valence-electron chi connectivity index (χ2n) is 4.59. The maximum Gasteiger partial charge on any atom is 0.172 e. The maximum absolute atomic E-state index is 12.3. The van der Waals surface area contributed by atoms with Crippen LogP contribution in [0.25, 0.3) is 0 Å². The van der Waals surface area contributed by atoms with Crippen LogP contribution < -0.4 is 4.74 Å². The molecule has 1 aromatic rings. The van der Waals surface area contributed by atoms with E-state index in [1.807, 2.05) is 38.1 Å². The third kappa shape index (κ3) is 2.86. The van der Waals surface area contributed by atoms with Crippen LogP contribution in [0.4, 0.5) is 0 Å². The maximum atomic E-state index is 12.3. The van der Waals surface area contributed by atoms with Crippen LogP contribution in [0.1, 0.15) is 30.6 Å². The minimum atomic E-state index is -0.00749. The van der Waals surface area contributed by atoms with E-state index in [9.17, 15) is 4.79 Å². The Morgan fingerprint density at radius 1 is 1.41 bits per heavy atom. The van der Waals surface area contributed by atoms with E-state index in [1.165, 1.54) is 0 Å². The Hall–Kier alpha value is -1.35. The van der Waals surface area contributed by atoms with E-state index < -0.39 is 0 Å². The topological polar surface area (TPSA) is 35.5 Å². The number of ether oxygens (including phenoxy) is 2. The molecule has 92 valence electrons. The Balaban J connectivity index is 2.21. The lowest BCUT2D eigenvalue weighted by molar-refractivity contribution is 0.0894. The first-order valence-electron chi connectivity index (χ1n) is 6.06. The zero-order valence-corrected chi connectivity index (χ0v) is 10.3. The average molecular weight is 234 g/mol. The molecular formula is C14H18O3. The molecule has 0 bridgehead atoms. The largest absolute Gasteiger partial charge is 0.490 e. The van der Waals surface area contributed by atoms with Crippen LogP contribution in [-0.4, -0.2) is 25.1 Å². The Morgan fingerprint density at radius 2 is 2.18 bits per heavy atom. The summed E-state index contributed by atoms with van der Waals surface area (Å²) in [5, 5.41) is 0. The number of para-hydroxylation sites is 1. The minimum Gasteiger partial charge on any atom is -0.490 e. The summed E-state index contributed by atoms with van der Waals surface area (Å²) < 4.78 is 10.9. The van der Waals surface area contributed by atoms with Crippen LogP contribution in [0.15, 0.2) is 24.3 Å². The highest BCUT2D eigenvalue weighted by Crippen LogP contribution is 2.25. The summed E-state index contributed by atoms with van der Waals surface area (Å²) in [5.74, 6) is 0.810. The van der Waals surface area contributed by atoms with Gasteiger partial charge < -0.3 is 9.47 Å². The molecule has 1 aliphatic heterocycles. The first-order valence-corrected chi connectivity index (χ1v) is 6.06. The molecule has 0 radical (unpaired) electrons. The van der Waals surface area contributed by atoms with E-state index in [2.05, 4.69) is 0 Å². The molecule has 1 fully saturated rings. The molecule has 1 saturated heterocycles. The molecule has 3 heteroatoms. The molecule has 0 spiro atoms. The smallest absolute Gasteiger partial charge is 0.172 e. The van der Waals surface area contributed by atoms with E-state index in [4.69, 9.17) is 9.47 Å². The van der Waals surface area contributed by atoms with E-state index in [0.717, 1.165) is 6.42 Å². The van der Waals surface area contributed by atoms with Crippen LogP contribution in [0.5, 0.6) is 5.75 Å². The zero-order chi connectivity index (χ0) is 12.3. The predicted octanol–water partition coefficient (Wildman–Crippen LogP) is 2.69. The zero-order valence-electron chi connectivity index (χ0n) is 10.3. The van der Waals surface area contributed by atoms with Gasteiger partial charge in [0.15, 0.2) is 5.78 Å². The van der Waals surface area contributed by atoms with E-state index in [0.29, 0.717) is 24.5 Å². The standard InChI is InChI=1S/C14H18O3/c1-10(2)17-13-6-4-3-5-12(13)14(15)11-7-8-16-9-11/h3-6,10-11H,7-9H2,1-2H3. The number of rotatable bonds is 4. The van der Waals surface area contributed by atoms with Gasteiger partial charge in [-0.15, -0.1) is 0 Å². The fourth-order valence-corrected chi connectivity index (χ4v) is 1.99. The van der Waals surface area contributed by atoms with Crippen molar-refractivity contribution in [3.8, 4) is 5.75 Å². The molecule has 1 aliphatic rings. The second kappa shape index (κ2) is 5.32. The summed E-state index contributed by atoms with van der Waals surface area (Å²) in [7, 11) is 0. The second-order valence-corrected chi connectivity index (χ2v) is 4.59. The predicted molar refractivity (Wildman–Crippen MR) is 65.5 cm³/mol. The summed E-state index contributed by atoms with van der Waals surface area (Å²) in [6.07, 6.45) is 0.887. The van der Waals surface area contributed by atoms with Gasteiger partial charge in [0.2, 0.25) is 0 Å². The van der Waals surface area contributed by atoms with Gasteiger partial charge in [-0.1, -0.05) is 12.1 Å². The molecule has 0 aromatic heterocycles. The molecule has 1 heterocycles. The van der Waals surface area contributed by atoms with Gasteiger partial charge in [-0.3, -0.25) is 4.79 Å². The van der Waals surface area contributed by atoms with Crippen LogP contribution in [0.3, 0.4) is 0 Å². The van der Waals surface area contributed by atoms with Gasteiger partial charge in [0.1, 0.15) is 5.75 Å². The first-order chi connectivity index (χ1) is 8.18. The number of hydrogen-bond acceptors (Lipinski definition) is 3. The van der Waals surface area contributed by atoms with Crippen molar-refractivity contribution >= 4 is 5.78 Å².